The van der Waals surface area contributed by atoms with Gasteiger partial charge in [0.1, 0.15) is 0 Å². The zero-order valence-electron chi connectivity index (χ0n) is 17.3. The summed E-state index contributed by atoms with van der Waals surface area (Å²) < 4.78 is 5.03. The molecule has 0 aromatic carbocycles. The van der Waals surface area contributed by atoms with E-state index in [9.17, 15) is 9.90 Å². The first-order chi connectivity index (χ1) is 12.7. The molecule has 2 N–H and O–H groups in total. The van der Waals surface area contributed by atoms with Crippen molar-refractivity contribution >= 4 is 5.91 Å². The average Bonchev–Trinajstić information content (AvgIpc) is 2.65. The molecule has 0 bridgehead atoms. The van der Waals surface area contributed by atoms with E-state index in [0.29, 0.717) is 19.6 Å². The highest BCUT2D eigenvalue weighted by molar-refractivity contribution is 5.76. The average molecular weight is 374 g/mol. The topological polar surface area (TPSA) is 70.0 Å². The van der Waals surface area contributed by atoms with E-state index in [1.807, 2.05) is 0 Å². The number of methoxy groups -OCH3 is 1. The lowest BCUT2D eigenvalue weighted by Crippen LogP contribution is -2.39. The highest BCUT2D eigenvalue weighted by Gasteiger charge is 2.16. The van der Waals surface area contributed by atoms with Crippen LogP contribution in [0.5, 0.6) is 0 Å². The maximum absolute atomic E-state index is 12.3. The molecular formula is C21H43NO4. The van der Waals surface area contributed by atoms with Gasteiger partial charge < -0.3 is 19.8 Å². The molecule has 156 valence electrons. The Kier molecular flexibility index (Phi) is 18.6. The van der Waals surface area contributed by atoms with E-state index < -0.39 is 6.10 Å². The molecule has 5 heteroatoms. The van der Waals surface area contributed by atoms with Crippen molar-refractivity contribution in [3.8, 4) is 0 Å². The van der Waals surface area contributed by atoms with Gasteiger partial charge in [-0.25, -0.2) is 0 Å². The third-order valence-corrected chi connectivity index (χ3v) is 4.77. The van der Waals surface area contributed by atoms with Crippen LogP contribution in [0.1, 0.15) is 90.4 Å². The second kappa shape index (κ2) is 19.1. The van der Waals surface area contributed by atoms with Gasteiger partial charge in [-0.05, 0) is 12.8 Å². The van der Waals surface area contributed by atoms with Crippen molar-refractivity contribution in [1.82, 2.24) is 4.90 Å². The first-order valence-corrected chi connectivity index (χ1v) is 10.7. The number of unbranched alkanes of at least 4 members (excludes halogenated alkanes) is 10. The number of rotatable bonds is 19. The molecule has 0 saturated carbocycles. The van der Waals surface area contributed by atoms with Crippen LogP contribution in [0.25, 0.3) is 0 Å². The molecular weight excluding hydrogens is 330 g/mol. The number of carbonyl (C=O) groups is 1. The van der Waals surface area contributed by atoms with Crippen molar-refractivity contribution < 1.29 is 19.7 Å². The van der Waals surface area contributed by atoms with Crippen LogP contribution in [-0.4, -0.2) is 60.5 Å². The van der Waals surface area contributed by atoms with Crippen molar-refractivity contribution in [3.63, 3.8) is 0 Å². The molecule has 0 aromatic rings. The summed E-state index contributed by atoms with van der Waals surface area (Å²) in [5.74, 6) is 0.0736. The molecule has 1 unspecified atom stereocenters. The molecule has 0 rings (SSSR count). The molecule has 0 aliphatic carbocycles. The molecule has 0 spiro atoms. The number of amides is 1. The van der Waals surface area contributed by atoms with Crippen molar-refractivity contribution in [2.75, 3.05) is 33.4 Å². The maximum Gasteiger partial charge on any atom is 0.222 e. The Bertz CT molecular complexity index is 312. The summed E-state index contributed by atoms with van der Waals surface area (Å²) in [6.07, 6.45) is 14.3. The van der Waals surface area contributed by atoms with Gasteiger partial charge in [0.25, 0.3) is 0 Å². The smallest absolute Gasteiger partial charge is 0.222 e. The van der Waals surface area contributed by atoms with E-state index >= 15 is 0 Å². The van der Waals surface area contributed by atoms with Crippen LogP contribution in [0.2, 0.25) is 0 Å². The van der Waals surface area contributed by atoms with Gasteiger partial charge in [0, 0.05) is 33.2 Å². The minimum absolute atomic E-state index is 0.0736. The van der Waals surface area contributed by atoms with Crippen LogP contribution < -0.4 is 0 Å². The van der Waals surface area contributed by atoms with Gasteiger partial charge in [0.15, 0.2) is 0 Å². The van der Waals surface area contributed by atoms with Gasteiger partial charge in [0.2, 0.25) is 5.91 Å². The number of aliphatic hydroxyl groups is 2. The predicted molar refractivity (Wildman–Crippen MR) is 107 cm³/mol. The number of hydrogen-bond acceptors (Lipinski definition) is 4. The fourth-order valence-corrected chi connectivity index (χ4v) is 3.13. The minimum atomic E-state index is -0.862. The van der Waals surface area contributed by atoms with Crippen molar-refractivity contribution in [1.29, 1.82) is 0 Å². The fraction of sp³-hybridized carbons (Fsp3) is 0.952. The van der Waals surface area contributed by atoms with Gasteiger partial charge in [0.05, 0.1) is 12.7 Å². The summed E-state index contributed by atoms with van der Waals surface area (Å²) in [6.45, 7) is 3.31. The summed E-state index contributed by atoms with van der Waals surface area (Å²) in [7, 11) is 1.64. The van der Waals surface area contributed by atoms with Gasteiger partial charge in [-0.15, -0.1) is 0 Å². The fourth-order valence-electron chi connectivity index (χ4n) is 3.13. The Labute approximate surface area is 161 Å². The monoisotopic (exact) mass is 373 g/mol. The Balaban J connectivity index is 3.73. The largest absolute Gasteiger partial charge is 0.394 e. The normalized spacial score (nSPS) is 12.3. The second-order valence-electron chi connectivity index (χ2n) is 7.31. The molecule has 1 atom stereocenters. The summed E-state index contributed by atoms with van der Waals surface area (Å²) in [5.41, 5.74) is 0. The van der Waals surface area contributed by atoms with E-state index in [-0.39, 0.29) is 19.1 Å². The minimum Gasteiger partial charge on any atom is -0.394 e. The number of nitrogens with zero attached hydrogens (tertiary/aromatic N) is 1. The van der Waals surface area contributed by atoms with Crippen molar-refractivity contribution in [3.05, 3.63) is 0 Å². The van der Waals surface area contributed by atoms with Gasteiger partial charge in [-0.3, -0.25) is 4.79 Å². The molecule has 0 radical (unpaired) electrons. The zero-order valence-corrected chi connectivity index (χ0v) is 17.3. The van der Waals surface area contributed by atoms with Crippen LogP contribution >= 0.6 is 0 Å². The van der Waals surface area contributed by atoms with Gasteiger partial charge in [-0.2, -0.15) is 0 Å². The lowest BCUT2D eigenvalue weighted by Gasteiger charge is -2.24. The summed E-state index contributed by atoms with van der Waals surface area (Å²) in [4.78, 5) is 14.0. The van der Waals surface area contributed by atoms with Gasteiger partial charge in [-0.1, -0.05) is 71.1 Å². The first-order valence-electron chi connectivity index (χ1n) is 10.7. The highest BCUT2D eigenvalue weighted by Crippen LogP contribution is 2.12. The standard InChI is InChI=1S/C21H43NO4/c1-3-4-5-6-7-8-9-10-11-12-13-15-21(25)22(16-14-17-26-2)18-20(24)19-23/h20,23-24H,3-19H2,1-2H3. The van der Waals surface area contributed by atoms with E-state index in [1.54, 1.807) is 12.0 Å². The van der Waals surface area contributed by atoms with E-state index in [2.05, 4.69) is 6.92 Å². The lowest BCUT2D eigenvalue weighted by molar-refractivity contribution is -0.133. The highest BCUT2D eigenvalue weighted by atomic mass is 16.5. The molecule has 0 fully saturated rings. The molecule has 0 aliphatic rings. The number of aliphatic hydroxyl groups excluding tert-OH is 2. The molecule has 5 nitrogen and oxygen atoms in total. The Morgan fingerprint density at radius 2 is 1.46 bits per heavy atom. The van der Waals surface area contributed by atoms with Crippen LogP contribution in [0.3, 0.4) is 0 Å². The Hall–Kier alpha value is -0.650. The Morgan fingerprint density at radius 1 is 0.923 bits per heavy atom. The van der Waals surface area contributed by atoms with E-state index in [4.69, 9.17) is 9.84 Å². The third kappa shape index (κ3) is 15.6. The molecule has 1 amide bonds. The van der Waals surface area contributed by atoms with Crippen LogP contribution in [0.15, 0.2) is 0 Å². The second-order valence-corrected chi connectivity index (χ2v) is 7.31. The molecule has 0 saturated heterocycles. The molecule has 0 aromatic heterocycles. The molecule has 0 heterocycles. The van der Waals surface area contributed by atoms with Crippen LogP contribution in [-0.2, 0) is 9.53 Å². The first kappa shape index (κ1) is 25.4. The number of carbonyl (C=O) groups excluding carboxylic acids is 1. The zero-order chi connectivity index (χ0) is 19.5. The summed E-state index contributed by atoms with van der Waals surface area (Å²) in [5, 5.41) is 18.6. The van der Waals surface area contributed by atoms with Crippen LogP contribution in [0, 0.1) is 0 Å². The van der Waals surface area contributed by atoms with Crippen LogP contribution in [0.4, 0.5) is 0 Å². The van der Waals surface area contributed by atoms with E-state index in [0.717, 1.165) is 19.3 Å². The number of hydrogen-bond donors (Lipinski definition) is 2. The molecule has 0 aliphatic heterocycles. The molecule has 26 heavy (non-hydrogen) atoms. The predicted octanol–water partition coefficient (Wildman–Crippen LogP) is 3.91. The number of ether oxygens (including phenoxy) is 1. The summed E-state index contributed by atoms with van der Waals surface area (Å²) in [6, 6.07) is 0. The van der Waals surface area contributed by atoms with Crippen molar-refractivity contribution in [2.45, 2.75) is 96.5 Å². The van der Waals surface area contributed by atoms with Gasteiger partial charge >= 0.3 is 0 Å². The summed E-state index contributed by atoms with van der Waals surface area (Å²) >= 11 is 0. The Morgan fingerprint density at radius 3 is 1.96 bits per heavy atom. The SMILES string of the molecule is CCCCCCCCCCCCCC(=O)N(CCCOC)CC(O)CO. The third-order valence-electron chi connectivity index (χ3n) is 4.77. The quantitative estimate of drug-likeness (QED) is 0.337. The lowest BCUT2D eigenvalue weighted by atomic mass is 10.1. The van der Waals surface area contributed by atoms with Crippen molar-refractivity contribution in [2.24, 2.45) is 0 Å². The van der Waals surface area contributed by atoms with E-state index in [1.165, 1.54) is 57.8 Å². The maximum atomic E-state index is 12.3.